The zero-order chi connectivity index (χ0) is 14.3. The van der Waals surface area contributed by atoms with Gasteiger partial charge in [-0.25, -0.2) is 9.59 Å². The standard InChI is InChI=1S/C11H19NO5Si/c1-8(12-17-18(4,5)6)9(11(14)16-3)7-10(13)15-2/h7H,1-6H3/b9-7+,12-8+. The van der Waals surface area contributed by atoms with Gasteiger partial charge < -0.3 is 14.0 Å². The van der Waals surface area contributed by atoms with E-state index in [1.807, 2.05) is 19.6 Å². The zero-order valence-electron chi connectivity index (χ0n) is 11.6. The molecule has 7 heteroatoms. The van der Waals surface area contributed by atoms with Crippen molar-refractivity contribution in [3.63, 3.8) is 0 Å². The second-order valence-corrected chi connectivity index (χ2v) is 8.86. The number of hydrogen-bond acceptors (Lipinski definition) is 6. The highest BCUT2D eigenvalue weighted by molar-refractivity contribution is 6.69. The van der Waals surface area contributed by atoms with Crippen LogP contribution in [0.15, 0.2) is 16.8 Å². The van der Waals surface area contributed by atoms with Gasteiger partial charge in [0.25, 0.3) is 8.32 Å². The molecule has 0 aromatic carbocycles. The molecular formula is C11H19NO5Si. The molecule has 0 atom stereocenters. The maximum Gasteiger partial charge on any atom is 0.340 e. The first-order chi connectivity index (χ1) is 8.21. The van der Waals surface area contributed by atoms with E-state index in [0.29, 0.717) is 0 Å². The Morgan fingerprint density at radius 1 is 1.11 bits per heavy atom. The molecule has 6 nitrogen and oxygen atoms in total. The lowest BCUT2D eigenvalue weighted by molar-refractivity contribution is -0.138. The molecule has 0 aliphatic carbocycles. The van der Waals surface area contributed by atoms with Gasteiger partial charge in [-0.2, -0.15) is 0 Å². The van der Waals surface area contributed by atoms with Gasteiger partial charge in [-0.1, -0.05) is 0 Å². The van der Waals surface area contributed by atoms with Gasteiger partial charge in [0.15, 0.2) is 0 Å². The highest BCUT2D eigenvalue weighted by Crippen LogP contribution is 2.07. The molecule has 0 rings (SSSR count). The topological polar surface area (TPSA) is 74.2 Å². The molecule has 0 saturated carbocycles. The normalized spacial score (nSPS) is 13.0. The first-order valence-corrected chi connectivity index (χ1v) is 8.73. The Kier molecular flexibility index (Phi) is 6.32. The minimum atomic E-state index is -1.84. The van der Waals surface area contributed by atoms with Crippen LogP contribution in [0.5, 0.6) is 0 Å². The van der Waals surface area contributed by atoms with Crippen molar-refractivity contribution in [1.82, 2.24) is 0 Å². The Hall–Kier alpha value is -1.63. The van der Waals surface area contributed by atoms with E-state index in [2.05, 4.69) is 14.6 Å². The second kappa shape index (κ2) is 6.95. The van der Waals surface area contributed by atoms with Crippen LogP contribution in [-0.4, -0.2) is 40.2 Å². The van der Waals surface area contributed by atoms with Gasteiger partial charge in [0.1, 0.15) is 0 Å². The third kappa shape index (κ3) is 6.19. The van der Waals surface area contributed by atoms with Crippen LogP contribution in [0.4, 0.5) is 0 Å². The lowest BCUT2D eigenvalue weighted by Gasteiger charge is -2.14. The molecule has 0 saturated heterocycles. The fourth-order valence-electron chi connectivity index (χ4n) is 0.852. The molecule has 0 N–H and O–H groups in total. The number of esters is 2. The molecule has 0 amide bonds. The molecule has 0 aromatic rings. The number of nitrogens with zero attached hydrogens (tertiary/aromatic N) is 1. The maximum atomic E-state index is 11.5. The van der Waals surface area contributed by atoms with Crippen molar-refractivity contribution >= 4 is 26.0 Å². The summed E-state index contributed by atoms with van der Waals surface area (Å²) in [5, 5.41) is 3.85. The summed E-state index contributed by atoms with van der Waals surface area (Å²) < 4.78 is 14.3. The number of carbonyl (C=O) groups excluding carboxylic acids is 2. The number of hydrogen-bond donors (Lipinski definition) is 0. The van der Waals surface area contributed by atoms with Gasteiger partial charge in [0, 0.05) is 6.08 Å². The summed E-state index contributed by atoms with van der Waals surface area (Å²) in [5.41, 5.74) is 0.289. The molecule has 0 spiro atoms. The van der Waals surface area contributed by atoms with Gasteiger partial charge in [-0.05, 0) is 26.6 Å². The average molecular weight is 273 g/mol. The molecule has 102 valence electrons. The predicted molar refractivity (Wildman–Crippen MR) is 69.7 cm³/mol. The maximum absolute atomic E-state index is 11.5. The van der Waals surface area contributed by atoms with Crippen LogP contribution >= 0.6 is 0 Å². The molecule has 0 unspecified atom stereocenters. The molecule has 0 aliphatic rings. The third-order valence-corrected chi connectivity index (χ3v) is 2.35. The van der Waals surface area contributed by atoms with Crippen LogP contribution < -0.4 is 0 Å². The van der Waals surface area contributed by atoms with Crippen LogP contribution in [0, 0.1) is 0 Å². The second-order valence-electron chi connectivity index (χ2n) is 4.45. The van der Waals surface area contributed by atoms with E-state index in [-0.39, 0.29) is 11.3 Å². The van der Waals surface area contributed by atoms with Crippen LogP contribution in [0.2, 0.25) is 19.6 Å². The van der Waals surface area contributed by atoms with Gasteiger partial charge in [0.05, 0.1) is 25.5 Å². The Morgan fingerprint density at radius 2 is 1.67 bits per heavy atom. The van der Waals surface area contributed by atoms with Crippen LogP contribution in [0.3, 0.4) is 0 Å². The third-order valence-electron chi connectivity index (χ3n) is 1.71. The highest BCUT2D eigenvalue weighted by atomic mass is 28.4. The Morgan fingerprint density at radius 3 is 2.06 bits per heavy atom. The highest BCUT2D eigenvalue weighted by Gasteiger charge is 2.19. The number of oxime groups is 1. The minimum Gasteiger partial charge on any atom is -0.466 e. The summed E-state index contributed by atoms with van der Waals surface area (Å²) in [5.74, 6) is -1.32. The molecular weight excluding hydrogens is 254 g/mol. The molecule has 0 aliphatic heterocycles. The fourth-order valence-corrected chi connectivity index (χ4v) is 1.26. The van der Waals surface area contributed by atoms with Crippen molar-refractivity contribution < 1.29 is 23.6 Å². The Balaban J connectivity index is 5.15. The van der Waals surface area contributed by atoms with E-state index in [4.69, 9.17) is 4.53 Å². The average Bonchev–Trinajstić information content (AvgIpc) is 2.30. The zero-order valence-corrected chi connectivity index (χ0v) is 12.6. The van der Waals surface area contributed by atoms with Gasteiger partial charge >= 0.3 is 11.9 Å². The largest absolute Gasteiger partial charge is 0.466 e. The van der Waals surface area contributed by atoms with E-state index in [1.165, 1.54) is 14.2 Å². The lowest BCUT2D eigenvalue weighted by Crippen LogP contribution is -2.24. The summed E-state index contributed by atoms with van der Waals surface area (Å²) in [7, 11) is 0.601. The van der Waals surface area contributed by atoms with Gasteiger partial charge in [-0.15, -0.1) is 5.16 Å². The first kappa shape index (κ1) is 16.4. The lowest BCUT2D eigenvalue weighted by atomic mass is 10.1. The van der Waals surface area contributed by atoms with E-state index in [0.717, 1.165) is 6.08 Å². The van der Waals surface area contributed by atoms with E-state index >= 15 is 0 Å². The fraction of sp³-hybridized carbons (Fsp3) is 0.545. The molecule has 0 heterocycles. The number of methoxy groups -OCH3 is 2. The summed E-state index contributed by atoms with van der Waals surface area (Å²) >= 11 is 0. The smallest absolute Gasteiger partial charge is 0.340 e. The van der Waals surface area contributed by atoms with Crippen LogP contribution in [-0.2, 0) is 23.6 Å². The van der Waals surface area contributed by atoms with E-state index < -0.39 is 20.3 Å². The van der Waals surface area contributed by atoms with Crippen molar-refractivity contribution in [2.75, 3.05) is 14.2 Å². The Bertz CT molecular complexity index is 381. The number of ether oxygens (including phenoxy) is 2. The molecule has 18 heavy (non-hydrogen) atoms. The van der Waals surface area contributed by atoms with E-state index in [9.17, 15) is 9.59 Å². The molecule has 0 aromatic heterocycles. The Labute approximate surface area is 108 Å². The van der Waals surface area contributed by atoms with Gasteiger partial charge in [-0.3, -0.25) is 0 Å². The summed E-state index contributed by atoms with van der Waals surface area (Å²) in [6, 6.07) is 0. The summed E-state index contributed by atoms with van der Waals surface area (Å²) in [4.78, 5) is 22.7. The predicted octanol–water partition coefficient (Wildman–Crippen LogP) is 1.49. The van der Waals surface area contributed by atoms with Crippen molar-refractivity contribution in [3.05, 3.63) is 11.6 Å². The molecule has 0 fully saturated rings. The SMILES string of the molecule is COC(=O)/C=C(C(=O)OC)\C(C)=N\O[Si](C)(C)C. The van der Waals surface area contributed by atoms with Crippen LogP contribution in [0.1, 0.15) is 6.92 Å². The van der Waals surface area contributed by atoms with E-state index in [1.54, 1.807) is 6.92 Å². The van der Waals surface area contributed by atoms with Crippen molar-refractivity contribution in [3.8, 4) is 0 Å². The molecule has 0 bridgehead atoms. The van der Waals surface area contributed by atoms with Crippen molar-refractivity contribution in [2.45, 2.75) is 26.6 Å². The summed E-state index contributed by atoms with van der Waals surface area (Å²) in [6.45, 7) is 7.41. The first-order valence-electron chi connectivity index (χ1n) is 5.32. The van der Waals surface area contributed by atoms with Crippen molar-refractivity contribution in [2.24, 2.45) is 5.16 Å². The summed E-state index contributed by atoms with van der Waals surface area (Å²) in [6.07, 6.45) is 1.03. The van der Waals surface area contributed by atoms with Crippen LogP contribution in [0.25, 0.3) is 0 Å². The minimum absolute atomic E-state index is 0.0163. The quantitative estimate of drug-likeness (QED) is 0.249. The molecule has 0 radical (unpaired) electrons. The number of rotatable bonds is 5. The number of carbonyl (C=O) groups is 2. The van der Waals surface area contributed by atoms with Gasteiger partial charge in [0.2, 0.25) is 0 Å². The van der Waals surface area contributed by atoms with Crippen molar-refractivity contribution in [1.29, 1.82) is 0 Å². The monoisotopic (exact) mass is 273 g/mol.